The van der Waals surface area contributed by atoms with Gasteiger partial charge in [-0.3, -0.25) is 9.69 Å². The Bertz CT molecular complexity index is 751. The summed E-state index contributed by atoms with van der Waals surface area (Å²) in [5.41, 5.74) is 2.60. The van der Waals surface area contributed by atoms with Gasteiger partial charge in [0.1, 0.15) is 5.65 Å². The lowest BCUT2D eigenvalue weighted by atomic mass is 10.00. The summed E-state index contributed by atoms with van der Waals surface area (Å²) < 4.78 is 7.39. The zero-order chi connectivity index (χ0) is 17.2. The van der Waals surface area contributed by atoms with Crippen LogP contribution in [0.3, 0.4) is 0 Å². The highest BCUT2D eigenvalue weighted by atomic mass is 16.5. The molecule has 2 aromatic rings. The van der Waals surface area contributed by atoms with E-state index in [0.717, 1.165) is 69.1 Å². The van der Waals surface area contributed by atoms with Crippen molar-refractivity contribution in [2.24, 2.45) is 0 Å². The van der Waals surface area contributed by atoms with Crippen LogP contribution in [0.15, 0.2) is 24.5 Å². The molecule has 134 valence electrons. The van der Waals surface area contributed by atoms with E-state index in [-0.39, 0.29) is 5.91 Å². The molecule has 0 saturated carbocycles. The summed E-state index contributed by atoms with van der Waals surface area (Å²) in [7, 11) is 0. The highest BCUT2D eigenvalue weighted by Gasteiger charge is 2.29. The summed E-state index contributed by atoms with van der Waals surface area (Å²) in [4.78, 5) is 22.1. The third-order valence-corrected chi connectivity index (χ3v) is 5.28. The van der Waals surface area contributed by atoms with E-state index in [1.54, 1.807) is 0 Å². The van der Waals surface area contributed by atoms with Crippen LogP contribution >= 0.6 is 0 Å². The number of hydrogen-bond donors (Lipinski definition) is 0. The van der Waals surface area contributed by atoms with Crippen LogP contribution in [0.2, 0.25) is 0 Å². The van der Waals surface area contributed by atoms with E-state index >= 15 is 0 Å². The first-order valence-corrected chi connectivity index (χ1v) is 9.27. The lowest BCUT2D eigenvalue weighted by Gasteiger charge is -2.39. The second-order valence-electron chi connectivity index (χ2n) is 7.13. The normalized spacial score (nSPS) is 22.4. The number of pyridine rings is 1. The van der Waals surface area contributed by atoms with Crippen molar-refractivity contribution in [1.29, 1.82) is 0 Å². The van der Waals surface area contributed by atoms with E-state index in [1.807, 2.05) is 35.9 Å². The van der Waals surface area contributed by atoms with E-state index in [0.29, 0.717) is 6.04 Å². The van der Waals surface area contributed by atoms with Crippen LogP contribution in [0.1, 0.15) is 35.3 Å². The minimum absolute atomic E-state index is 0.145. The van der Waals surface area contributed by atoms with Crippen molar-refractivity contribution in [2.75, 3.05) is 39.4 Å². The summed E-state index contributed by atoms with van der Waals surface area (Å²) >= 11 is 0. The third kappa shape index (κ3) is 3.55. The van der Waals surface area contributed by atoms with Gasteiger partial charge in [0, 0.05) is 44.6 Å². The maximum atomic E-state index is 13.2. The van der Waals surface area contributed by atoms with E-state index in [2.05, 4.69) is 14.8 Å². The molecule has 1 atom stereocenters. The number of aromatic nitrogens is 2. The Labute approximate surface area is 148 Å². The molecule has 2 saturated heterocycles. The predicted octanol–water partition coefficient (Wildman–Crippen LogP) is 1.97. The first-order valence-electron chi connectivity index (χ1n) is 9.27. The molecule has 0 N–H and O–H groups in total. The average molecular weight is 342 g/mol. The minimum Gasteiger partial charge on any atom is -0.379 e. The van der Waals surface area contributed by atoms with Gasteiger partial charge in [0.25, 0.3) is 5.91 Å². The molecule has 0 radical (unpaired) electrons. The minimum atomic E-state index is 0.145. The van der Waals surface area contributed by atoms with Gasteiger partial charge in [-0.2, -0.15) is 0 Å². The Morgan fingerprint density at radius 3 is 2.88 bits per heavy atom. The number of aryl methyl sites for hydroxylation is 1. The van der Waals surface area contributed by atoms with Crippen molar-refractivity contribution in [3.63, 3.8) is 0 Å². The molecule has 2 aromatic heterocycles. The average Bonchev–Trinajstić information content (AvgIpc) is 3.01. The molecule has 0 spiro atoms. The fraction of sp³-hybridized carbons (Fsp3) is 0.579. The van der Waals surface area contributed by atoms with Crippen LogP contribution in [0.5, 0.6) is 0 Å². The Kier molecular flexibility index (Phi) is 4.72. The molecule has 4 rings (SSSR count). The van der Waals surface area contributed by atoms with Crippen LogP contribution in [0.4, 0.5) is 0 Å². The van der Waals surface area contributed by atoms with Gasteiger partial charge >= 0.3 is 0 Å². The first kappa shape index (κ1) is 16.5. The molecule has 2 aliphatic heterocycles. The molecule has 25 heavy (non-hydrogen) atoms. The number of hydrogen-bond acceptors (Lipinski definition) is 4. The van der Waals surface area contributed by atoms with Crippen LogP contribution < -0.4 is 0 Å². The largest absolute Gasteiger partial charge is 0.379 e. The molecule has 6 heteroatoms. The Morgan fingerprint density at radius 2 is 2.04 bits per heavy atom. The van der Waals surface area contributed by atoms with Gasteiger partial charge < -0.3 is 14.0 Å². The van der Waals surface area contributed by atoms with Gasteiger partial charge in [-0.25, -0.2) is 4.98 Å². The lowest BCUT2D eigenvalue weighted by Crippen LogP contribution is -2.51. The molecular weight excluding hydrogens is 316 g/mol. The molecular formula is C19H26N4O2. The van der Waals surface area contributed by atoms with E-state index in [1.165, 1.54) is 6.42 Å². The van der Waals surface area contributed by atoms with E-state index in [9.17, 15) is 4.79 Å². The number of morpholine rings is 1. The van der Waals surface area contributed by atoms with Crippen molar-refractivity contribution < 1.29 is 9.53 Å². The third-order valence-electron chi connectivity index (χ3n) is 5.28. The molecule has 0 aliphatic carbocycles. The zero-order valence-corrected chi connectivity index (χ0v) is 14.9. The number of piperidine rings is 1. The summed E-state index contributed by atoms with van der Waals surface area (Å²) in [5.74, 6) is 0.145. The van der Waals surface area contributed by atoms with E-state index < -0.39 is 0 Å². The fourth-order valence-electron chi connectivity index (χ4n) is 3.95. The van der Waals surface area contributed by atoms with Crippen molar-refractivity contribution in [1.82, 2.24) is 19.2 Å². The molecule has 2 fully saturated rings. The van der Waals surface area contributed by atoms with Crippen LogP contribution in [0, 0.1) is 6.92 Å². The molecule has 2 aliphatic rings. The number of carbonyl (C=O) groups excluding carboxylic acids is 1. The smallest absolute Gasteiger partial charge is 0.255 e. The number of nitrogens with zero attached hydrogens (tertiary/aromatic N) is 4. The van der Waals surface area contributed by atoms with Crippen molar-refractivity contribution in [3.8, 4) is 0 Å². The maximum Gasteiger partial charge on any atom is 0.255 e. The van der Waals surface area contributed by atoms with Crippen LogP contribution in [0.25, 0.3) is 5.65 Å². The molecule has 1 unspecified atom stereocenters. The highest BCUT2D eigenvalue weighted by Crippen LogP contribution is 2.21. The van der Waals surface area contributed by atoms with Crippen molar-refractivity contribution in [2.45, 2.75) is 32.2 Å². The number of likely N-dealkylation sites (tertiary alicyclic amines) is 1. The number of imidazole rings is 1. The molecule has 0 bridgehead atoms. The zero-order valence-electron chi connectivity index (χ0n) is 14.9. The van der Waals surface area contributed by atoms with Gasteiger partial charge in [-0.1, -0.05) is 0 Å². The fourth-order valence-corrected chi connectivity index (χ4v) is 3.95. The van der Waals surface area contributed by atoms with Crippen molar-refractivity contribution in [3.05, 3.63) is 35.8 Å². The number of fused-ring (bicyclic) bond motifs is 1. The van der Waals surface area contributed by atoms with Crippen LogP contribution in [-0.4, -0.2) is 70.5 Å². The summed E-state index contributed by atoms with van der Waals surface area (Å²) in [6.45, 7) is 7.33. The van der Waals surface area contributed by atoms with Crippen molar-refractivity contribution >= 4 is 11.6 Å². The van der Waals surface area contributed by atoms with Gasteiger partial charge in [0.05, 0.1) is 24.5 Å². The number of carbonyl (C=O) groups is 1. The maximum absolute atomic E-state index is 13.2. The molecule has 0 aromatic carbocycles. The molecule has 6 nitrogen and oxygen atoms in total. The number of amides is 1. The SMILES string of the molecule is Cc1cn2cc(C(=O)N3CCCCC3CN3CCOCC3)ccc2n1. The topological polar surface area (TPSA) is 50.1 Å². The monoisotopic (exact) mass is 342 g/mol. The quantitative estimate of drug-likeness (QED) is 0.856. The first-order chi connectivity index (χ1) is 12.2. The van der Waals surface area contributed by atoms with Gasteiger partial charge in [0.2, 0.25) is 0 Å². The van der Waals surface area contributed by atoms with Gasteiger partial charge in [0.15, 0.2) is 0 Å². The van der Waals surface area contributed by atoms with Crippen LogP contribution in [-0.2, 0) is 4.74 Å². The lowest BCUT2D eigenvalue weighted by molar-refractivity contribution is 0.0166. The Hall–Kier alpha value is -1.92. The number of rotatable bonds is 3. The van der Waals surface area contributed by atoms with Gasteiger partial charge in [-0.15, -0.1) is 0 Å². The number of ether oxygens (including phenoxy) is 1. The highest BCUT2D eigenvalue weighted by molar-refractivity contribution is 5.94. The van der Waals surface area contributed by atoms with Gasteiger partial charge in [-0.05, 0) is 38.3 Å². The Balaban J connectivity index is 1.52. The molecule has 4 heterocycles. The summed E-state index contributed by atoms with van der Waals surface area (Å²) in [5, 5.41) is 0. The molecule has 1 amide bonds. The summed E-state index contributed by atoms with van der Waals surface area (Å²) in [6, 6.07) is 4.14. The standard InChI is InChI=1S/C19H26N4O2/c1-15-12-22-13-16(5-6-18(22)20-15)19(24)23-7-3-2-4-17(23)14-21-8-10-25-11-9-21/h5-6,12-13,17H,2-4,7-11,14H2,1H3. The second-order valence-corrected chi connectivity index (χ2v) is 7.13. The Morgan fingerprint density at radius 1 is 1.20 bits per heavy atom. The summed E-state index contributed by atoms with van der Waals surface area (Å²) in [6.07, 6.45) is 7.28. The second kappa shape index (κ2) is 7.14. The predicted molar refractivity (Wildman–Crippen MR) is 95.9 cm³/mol. The van der Waals surface area contributed by atoms with E-state index in [4.69, 9.17) is 4.74 Å².